The number of carboxylic acid groups (broad SMARTS) is 6. The topological polar surface area (TPSA) is 378 Å². The predicted molar refractivity (Wildman–Crippen MR) is 337 cm³/mol. The number of ether oxygens (including phenoxy) is 1. The molecule has 0 spiro atoms. The fraction of sp³-hybridized carbons (Fsp3) is 0.138. The molecule has 7 aromatic rings. The largest absolute Gasteiger partial charge is 0.481 e. The third-order valence-corrected chi connectivity index (χ3v) is 11.0. The molecule has 0 unspecified atom stereocenters. The average molecular weight is 1310 g/mol. The summed E-state index contributed by atoms with van der Waals surface area (Å²) < 4.78 is 78.8. The van der Waals surface area contributed by atoms with Gasteiger partial charge in [-0.1, -0.05) is 70.3 Å². The molecule has 0 atom stereocenters. The number of carbonyl (C=O) groups excluding carboxylic acids is 1. The Hall–Kier alpha value is -12.0. The van der Waals surface area contributed by atoms with Gasteiger partial charge in [0.1, 0.15) is 13.2 Å². The molecule has 0 aromatic carbocycles. The van der Waals surface area contributed by atoms with Crippen LogP contribution in [0.1, 0.15) is 111 Å². The highest BCUT2D eigenvalue weighted by Crippen LogP contribution is 2.33. The number of carboxylic acids is 6. The summed E-state index contributed by atoms with van der Waals surface area (Å²) in [6.45, 7) is 24.4. The molecule has 0 aliphatic carbocycles. The molecule has 0 fully saturated rings. The summed E-state index contributed by atoms with van der Waals surface area (Å²) in [7, 11) is 0. The fourth-order valence-electron chi connectivity index (χ4n) is 6.24. The number of alkyl halides is 6. The average Bonchev–Trinajstić information content (AvgIpc) is 0.833. The van der Waals surface area contributed by atoms with Gasteiger partial charge in [-0.3, -0.25) is 49.3 Å². The summed E-state index contributed by atoms with van der Waals surface area (Å²) in [4.78, 5) is 100. The Bertz CT molecular complexity index is 3700. The summed E-state index contributed by atoms with van der Waals surface area (Å²) >= 11 is 0. The molecule has 0 bridgehead atoms. The van der Waals surface area contributed by atoms with Crippen molar-refractivity contribution in [2.24, 2.45) is 5.73 Å². The van der Waals surface area contributed by atoms with Crippen LogP contribution >= 0.6 is 0 Å². The first-order valence-electron chi connectivity index (χ1n) is 26.6. The first-order chi connectivity index (χ1) is 44.4. The third kappa shape index (κ3) is 32.5. The summed E-state index contributed by atoms with van der Waals surface area (Å²) in [5.41, 5.74) is 8.86. The number of hydrogen-bond acceptors (Lipinski definition) is 16. The van der Waals surface area contributed by atoms with Gasteiger partial charge in [-0.05, 0) is 120 Å². The number of amides is 1. The van der Waals surface area contributed by atoms with Crippen LogP contribution in [-0.2, 0) is 62.2 Å². The molecule has 9 N–H and O–H groups in total. The van der Waals surface area contributed by atoms with Crippen molar-refractivity contribution in [2.45, 2.75) is 44.7 Å². The number of aliphatic carboxylic acids is 3. The summed E-state index contributed by atoms with van der Waals surface area (Å²) in [6.07, 6.45) is 10.8. The molecule has 1 amide bonds. The molecule has 0 saturated heterocycles. The number of carbonyl (C=O) groups is 7. The van der Waals surface area contributed by atoms with Crippen LogP contribution in [0.4, 0.5) is 26.3 Å². The molecular weight excluding hydrogens is 1240 g/mol. The number of nitrogens with zero attached hydrogens (tertiary/aromatic N) is 7. The van der Waals surface area contributed by atoms with Crippen molar-refractivity contribution in [3.8, 4) is 0 Å². The lowest BCUT2D eigenvalue weighted by atomic mass is 10.1. The Balaban J connectivity index is 0.000000552. The van der Waals surface area contributed by atoms with Gasteiger partial charge in [-0.25, -0.2) is 19.2 Å². The van der Waals surface area contributed by atoms with E-state index in [4.69, 9.17) is 36.4 Å². The molecule has 0 aliphatic rings. The van der Waals surface area contributed by atoms with Gasteiger partial charge in [0, 0.05) is 62.9 Å². The smallest absolute Gasteiger partial charge is 0.418 e. The van der Waals surface area contributed by atoms with Crippen LogP contribution in [0.3, 0.4) is 0 Å². The van der Waals surface area contributed by atoms with Gasteiger partial charge in [0.25, 0.3) is 0 Å². The Morgan fingerprint density at radius 1 is 0.436 bits per heavy atom. The van der Waals surface area contributed by atoms with Crippen molar-refractivity contribution in [1.82, 2.24) is 40.2 Å². The number of hydrogen-bond donors (Lipinski definition) is 8. The van der Waals surface area contributed by atoms with E-state index in [9.17, 15) is 59.9 Å². The molecule has 29 heteroatoms. The van der Waals surface area contributed by atoms with Crippen LogP contribution in [0.5, 0.6) is 0 Å². The molecule has 7 aromatic heterocycles. The van der Waals surface area contributed by atoms with E-state index in [0.717, 1.165) is 51.6 Å². The van der Waals surface area contributed by atoms with Gasteiger partial charge in [0.2, 0.25) is 5.91 Å². The van der Waals surface area contributed by atoms with Gasteiger partial charge < -0.3 is 46.4 Å². The minimum atomic E-state index is -4.72. The maximum Gasteiger partial charge on any atom is 0.418 e. The SMILES string of the molecule is C=Cc1cc(C(=O)O)c(C(F)(F)F)cn1.C=Cc1cc(C(F)(F)F)c(C(=O)O)cn1.C=Cc1ccc(C(=O)O)cn1.C=Cc1ccc(CC(=O)O)cn1.C=Cc1ccc(CCC(=O)O)cn1.C=Cc1ccc(CN)cn1.C=Cc1ccc(CNC(=O)COCC(=O)O)cn1. The Morgan fingerprint density at radius 2 is 0.840 bits per heavy atom. The van der Waals surface area contributed by atoms with Crippen molar-refractivity contribution in [3.63, 3.8) is 0 Å². The number of aryl methyl sites for hydroxylation is 1. The predicted octanol–water partition coefficient (Wildman–Crippen LogP) is 11.0. The van der Waals surface area contributed by atoms with Crippen LogP contribution in [0.25, 0.3) is 42.5 Å². The minimum absolute atomic E-state index is 0.0183. The second kappa shape index (κ2) is 42.1. The number of halogens is 6. The summed E-state index contributed by atoms with van der Waals surface area (Å²) in [6, 6.07) is 19.2. The van der Waals surface area contributed by atoms with E-state index < -0.39 is 77.0 Å². The van der Waals surface area contributed by atoms with Gasteiger partial charge in [-0.15, -0.1) is 0 Å². The van der Waals surface area contributed by atoms with Crippen LogP contribution in [0.2, 0.25) is 0 Å². The zero-order valence-corrected chi connectivity index (χ0v) is 49.8. The minimum Gasteiger partial charge on any atom is -0.481 e. The van der Waals surface area contributed by atoms with Gasteiger partial charge >= 0.3 is 48.2 Å². The molecule has 494 valence electrons. The molecule has 7 heterocycles. The maximum atomic E-state index is 12.4. The van der Waals surface area contributed by atoms with E-state index in [1.165, 1.54) is 18.3 Å². The number of aromatic carboxylic acids is 3. The van der Waals surface area contributed by atoms with E-state index in [-0.39, 0.29) is 42.3 Å². The fourth-order valence-corrected chi connectivity index (χ4v) is 6.24. The van der Waals surface area contributed by atoms with Crippen molar-refractivity contribution in [2.75, 3.05) is 13.2 Å². The number of rotatable bonds is 22. The number of pyridine rings is 7. The van der Waals surface area contributed by atoms with Gasteiger partial charge in [0.05, 0.1) is 74.1 Å². The highest BCUT2D eigenvalue weighted by molar-refractivity contribution is 5.90. The zero-order chi connectivity index (χ0) is 71.0. The Morgan fingerprint density at radius 3 is 1.20 bits per heavy atom. The van der Waals surface area contributed by atoms with Crippen molar-refractivity contribution < 1.29 is 95.3 Å². The van der Waals surface area contributed by atoms with E-state index in [2.05, 4.69) is 91.0 Å². The molecule has 23 nitrogen and oxygen atoms in total. The quantitative estimate of drug-likeness (QED) is 0.0292. The lowest BCUT2D eigenvalue weighted by Gasteiger charge is -2.09. The second-order valence-electron chi connectivity index (χ2n) is 17.8. The van der Waals surface area contributed by atoms with Crippen LogP contribution < -0.4 is 11.1 Å². The third-order valence-electron chi connectivity index (χ3n) is 11.0. The lowest BCUT2D eigenvalue weighted by molar-refractivity contribution is -0.144. The molecule has 0 radical (unpaired) electrons. The first kappa shape index (κ1) is 80.0. The lowest BCUT2D eigenvalue weighted by Crippen LogP contribution is -2.28. The van der Waals surface area contributed by atoms with E-state index in [0.29, 0.717) is 49.2 Å². The van der Waals surface area contributed by atoms with Crippen LogP contribution in [0.15, 0.2) is 162 Å². The van der Waals surface area contributed by atoms with Crippen molar-refractivity contribution in [1.29, 1.82) is 0 Å². The van der Waals surface area contributed by atoms with Crippen LogP contribution in [-0.4, -0.2) is 120 Å². The number of nitrogens with one attached hydrogen (secondary N) is 1. The maximum absolute atomic E-state index is 12.4. The monoisotopic (exact) mass is 1310 g/mol. The van der Waals surface area contributed by atoms with Crippen LogP contribution in [0, 0.1) is 0 Å². The summed E-state index contributed by atoms with van der Waals surface area (Å²) in [5, 5.41) is 53.4. The highest BCUT2D eigenvalue weighted by atomic mass is 19.4. The highest BCUT2D eigenvalue weighted by Gasteiger charge is 2.37. The standard InChI is InChI=1S/C12H14N2O4.C10H11NO2.2C9H6F3NO2.C9H9NO2.C8H10N2.C8H7NO2/c1-2-10-4-3-9(5-13-10)6-14-11(15)7-18-8-12(16)17;1-2-9-5-3-8(7-11-9)4-6-10(12)13;1-2-5-3-7(9(10,11)12)6(4-13-5)8(14)15;1-2-5-3-6(8(14)15)7(4-13-5)9(10,11)12;1-2-8-4-3-7(6-10-8)5-9(11)12;1-2-8-4-3-7(5-9)6-10-8;1-2-7-4-3-6(5-9-7)8(10)11/h2-5H,1,6-8H2,(H,14,15)(H,16,17);2-3,5,7H,1,4,6H2,(H,12,13);2*2-4H,1H2,(H,14,15);2-4,6H,1,5H2,(H,11,12);2-4,6H,1,5,9H2;2-5H,1H2,(H,10,11). The Kier molecular flexibility index (Phi) is 35.8. The molecular formula is C65H63F6N9O14. The van der Waals surface area contributed by atoms with E-state index in [1.807, 2.05) is 30.3 Å². The van der Waals surface area contributed by atoms with Gasteiger partial charge in [-0.2, -0.15) is 26.3 Å². The summed E-state index contributed by atoms with van der Waals surface area (Å²) in [5.74, 6) is -7.38. The molecule has 7 rings (SSSR count). The Labute approximate surface area is 533 Å². The molecule has 94 heavy (non-hydrogen) atoms. The number of nitrogens with two attached hydrogens (primary N) is 1. The van der Waals surface area contributed by atoms with Gasteiger partial charge in [0.15, 0.2) is 0 Å². The normalized spacial score (nSPS) is 9.99. The first-order valence-corrected chi connectivity index (χ1v) is 26.6. The molecule has 0 saturated carbocycles. The van der Waals surface area contributed by atoms with Crippen molar-refractivity contribution >= 4 is 84.3 Å². The van der Waals surface area contributed by atoms with E-state index in [1.54, 1.807) is 79.4 Å². The van der Waals surface area contributed by atoms with Crippen molar-refractivity contribution in [3.05, 3.63) is 252 Å². The van der Waals surface area contributed by atoms with E-state index >= 15 is 0 Å². The second-order valence-corrected chi connectivity index (χ2v) is 17.8. The number of aromatic nitrogens is 7. The zero-order valence-electron chi connectivity index (χ0n) is 49.8. The molecule has 0 aliphatic heterocycles.